The van der Waals surface area contributed by atoms with Gasteiger partial charge in [0.2, 0.25) is 0 Å². The Morgan fingerprint density at radius 2 is 2.22 bits per heavy atom. The number of aliphatic hydroxyl groups is 2. The summed E-state index contributed by atoms with van der Waals surface area (Å²) in [6.07, 6.45) is 7.74. The van der Waals surface area contributed by atoms with Gasteiger partial charge in [0.05, 0.1) is 19.8 Å². The third-order valence-electron chi connectivity index (χ3n) is 2.54. The fraction of sp³-hybridized carbons (Fsp3) is 0.500. The van der Waals surface area contributed by atoms with Crippen molar-refractivity contribution < 1.29 is 19.7 Å². The van der Waals surface area contributed by atoms with Crippen LogP contribution in [0.25, 0.3) is 0 Å². The molecule has 0 aromatic heterocycles. The molecule has 0 fully saturated rings. The summed E-state index contributed by atoms with van der Waals surface area (Å²) >= 11 is 0. The maximum atomic E-state index is 11.9. The van der Waals surface area contributed by atoms with Gasteiger partial charge in [0.25, 0.3) is 0 Å². The molecular formula is C14H20O4. The Labute approximate surface area is 107 Å². The molecule has 0 saturated heterocycles. The maximum absolute atomic E-state index is 11.9. The Balaban J connectivity index is 2.62. The molecule has 0 radical (unpaired) electrons. The Hall–Kier alpha value is -1.23. The minimum Gasteiger partial charge on any atom is -0.394 e. The summed E-state index contributed by atoms with van der Waals surface area (Å²) in [5, 5.41) is 18.3. The molecular weight excluding hydrogens is 232 g/mol. The van der Waals surface area contributed by atoms with Crippen LogP contribution in [0.4, 0.5) is 0 Å². The fourth-order valence-corrected chi connectivity index (χ4v) is 1.59. The second-order valence-electron chi connectivity index (χ2n) is 4.70. The minimum absolute atomic E-state index is 0.00230. The molecule has 0 aliphatic heterocycles. The number of carbonyl (C=O) groups is 1. The van der Waals surface area contributed by atoms with Crippen LogP contribution in [-0.2, 0) is 9.53 Å². The van der Waals surface area contributed by atoms with Crippen molar-refractivity contribution >= 4 is 5.78 Å². The number of hydrogen-bond donors (Lipinski definition) is 2. The van der Waals surface area contributed by atoms with Crippen LogP contribution < -0.4 is 0 Å². The Kier molecular flexibility index (Phi) is 5.47. The van der Waals surface area contributed by atoms with Gasteiger partial charge in [-0.25, -0.2) is 0 Å². The van der Waals surface area contributed by atoms with Crippen LogP contribution in [0.2, 0.25) is 0 Å². The van der Waals surface area contributed by atoms with Crippen molar-refractivity contribution in [1.29, 1.82) is 0 Å². The lowest BCUT2D eigenvalue weighted by molar-refractivity contribution is -0.130. The summed E-state index contributed by atoms with van der Waals surface area (Å²) in [7, 11) is 0. The number of allylic oxidation sites excluding steroid dienone is 3. The van der Waals surface area contributed by atoms with E-state index in [1.54, 1.807) is 12.2 Å². The molecule has 0 aromatic rings. The lowest BCUT2D eigenvalue weighted by Gasteiger charge is -2.16. The molecule has 0 aromatic carbocycles. The summed E-state index contributed by atoms with van der Waals surface area (Å²) in [5.74, 6) is -0.263. The molecule has 0 amide bonds. The van der Waals surface area contributed by atoms with Crippen molar-refractivity contribution in [2.24, 2.45) is 0 Å². The van der Waals surface area contributed by atoms with Gasteiger partial charge in [-0.1, -0.05) is 24.3 Å². The van der Waals surface area contributed by atoms with Gasteiger partial charge in [0, 0.05) is 5.57 Å². The van der Waals surface area contributed by atoms with E-state index in [9.17, 15) is 9.90 Å². The van der Waals surface area contributed by atoms with Crippen molar-refractivity contribution in [1.82, 2.24) is 0 Å². The molecule has 0 bridgehead atoms. The smallest absolute Gasteiger partial charge is 0.190 e. The van der Waals surface area contributed by atoms with E-state index >= 15 is 0 Å². The molecule has 0 atom stereocenters. The van der Waals surface area contributed by atoms with E-state index in [2.05, 4.69) is 0 Å². The first-order chi connectivity index (χ1) is 8.45. The Morgan fingerprint density at radius 3 is 2.83 bits per heavy atom. The highest BCUT2D eigenvalue weighted by molar-refractivity contribution is 6.01. The van der Waals surface area contributed by atoms with Crippen LogP contribution in [0.1, 0.15) is 20.3 Å². The Bertz CT molecular complexity index is 383. The molecule has 0 spiro atoms. The molecule has 4 nitrogen and oxygen atoms in total. The highest BCUT2D eigenvalue weighted by Crippen LogP contribution is 2.18. The first-order valence-electron chi connectivity index (χ1n) is 5.97. The molecule has 1 rings (SSSR count). The topological polar surface area (TPSA) is 66.8 Å². The number of hydrogen-bond acceptors (Lipinski definition) is 4. The summed E-state index contributed by atoms with van der Waals surface area (Å²) in [4.78, 5) is 11.9. The van der Waals surface area contributed by atoms with Gasteiger partial charge in [0.15, 0.2) is 5.78 Å². The molecule has 18 heavy (non-hydrogen) atoms. The number of ketones is 1. The molecule has 100 valence electrons. The number of Topliss-reactive ketones (excluding diaryl/α,β-unsaturated/α-hetero) is 1. The van der Waals surface area contributed by atoms with Crippen LogP contribution >= 0.6 is 0 Å². The number of aliphatic hydroxyl groups excluding tert-OH is 1. The standard InChI is InChI=1S/C14H20O4/c1-14(2,17)13(16)12-5-3-4-11(6-7-12)10-18-9-8-15/h3-6,15,17H,7-10H2,1-2H3. The SMILES string of the molecule is CC(C)(O)C(=O)C1=CC=CC(COCCO)=CC1. The van der Waals surface area contributed by atoms with E-state index in [0.29, 0.717) is 25.2 Å². The molecule has 0 saturated carbocycles. The highest BCUT2D eigenvalue weighted by atomic mass is 16.5. The van der Waals surface area contributed by atoms with Crippen molar-refractivity contribution in [2.75, 3.05) is 19.8 Å². The van der Waals surface area contributed by atoms with Gasteiger partial charge in [0.1, 0.15) is 5.60 Å². The van der Waals surface area contributed by atoms with Gasteiger partial charge >= 0.3 is 0 Å². The van der Waals surface area contributed by atoms with Gasteiger partial charge < -0.3 is 14.9 Å². The fourth-order valence-electron chi connectivity index (χ4n) is 1.59. The largest absolute Gasteiger partial charge is 0.394 e. The van der Waals surface area contributed by atoms with E-state index in [4.69, 9.17) is 9.84 Å². The lowest BCUT2D eigenvalue weighted by Crippen LogP contribution is -2.32. The quantitative estimate of drug-likeness (QED) is 0.696. The molecule has 2 N–H and O–H groups in total. The van der Waals surface area contributed by atoms with E-state index in [-0.39, 0.29) is 12.4 Å². The predicted octanol–water partition coefficient (Wildman–Crippen LogP) is 1.15. The molecule has 0 heterocycles. The summed E-state index contributed by atoms with van der Waals surface area (Å²) in [6.45, 7) is 3.68. The summed E-state index contributed by atoms with van der Waals surface area (Å²) < 4.78 is 5.21. The maximum Gasteiger partial charge on any atom is 0.190 e. The lowest BCUT2D eigenvalue weighted by atomic mass is 9.94. The van der Waals surface area contributed by atoms with E-state index in [0.717, 1.165) is 5.57 Å². The zero-order valence-electron chi connectivity index (χ0n) is 10.8. The van der Waals surface area contributed by atoms with Gasteiger partial charge in [-0.05, 0) is 25.8 Å². The molecule has 1 aliphatic carbocycles. The molecule has 4 heteroatoms. The average molecular weight is 252 g/mol. The minimum atomic E-state index is -1.34. The predicted molar refractivity (Wildman–Crippen MR) is 69.1 cm³/mol. The third-order valence-corrected chi connectivity index (χ3v) is 2.54. The highest BCUT2D eigenvalue weighted by Gasteiger charge is 2.26. The summed E-state index contributed by atoms with van der Waals surface area (Å²) in [6, 6.07) is 0. The normalized spacial score (nSPS) is 16.0. The monoisotopic (exact) mass is 252 g/mol. The van der Waals surface area contributed by atoms with Crippen molar-refractivity contribution in [3.05, 3.63) is 35.5 Å². The van der Waals surface area contributed by atoms with Crippen molar-refractivity contribution in [2.45, 2.75) is 25.9 Å². The van der Waals surface area contributed by atoms with Crippen molar-refractivity contribution in [3.8, 4) is 0 Å². The third kappa shape index (κ3) is 4.56. The molecule has 1 aliphatic rings. The van der Waals surface area contributed by atoms with Gasteiger partial charge in [-0.3, -0.25) is 4.79 Å². The second kappa shape index (κ2) is 6.64. The van der Waals surface area contributed by atoms with Crippen LogP contribution in [0.15, 0.2) is 35.5 Å². The van der Waals surface area contributed by atoms with Crippen LogP contribution in [-0.4, -0.2) is 41.4 Å². The first kappa shape index (κ1) is 14.8. The van der Waals surface area contributed by atoms with Crippen molar-refractivity contribution in [3.63, 3.8) is 0 Å². The number of ether oxygens (including phenoxy) is 1. The van der Waals surface area contributed by atoms with E-state index in [1.807, 2.05) is 12.2 Å². The Morgan fingerprint density at radius 1 is 1.50 bits per heavy atom. The van der Waals surface area contributed by atoms with E-state index < -0.39 is 5.60 Å². The zero-order valence-corrected chi connectivity index (χ0v) is 10.8. The van der Waals surface area contributed by atoms with E-state index in [1.165, 1.54) is 13.8 Å². The molecule has 0 unspecified atom stereocenters. The second-order valence-corrected chi connectivity index (χ2v) is 4.70. The summed E-state index contributed by atoms with van der Waals surface area (Å²) in [5.41, 5.74) is 0.194. The van der Waals surface area contributed by atoms with Gasteiger partial charge in [-0.15, -0.1) is 0 Å². The van der Waals surface area contributed by atoms with Gasteiger partial charge in [-0.2, -0.15) is 0 Å². The van der Waals surface area contributed by atoms with Crippen LogP contribution in [0.3, 0.4) is 0 Å². The first-order valence-corrected chi connectivity index (χ1v) is 5.97. The average Bonchev–Trinajstić information content (AvgIpc) is 2.53. The number of rotatable bonds is 6. The number of carbonyl (C=O) groups excluding carboxylic acids is 1. The van der Waals surface area contributed by atoms with Crippen LogP contribution in [0, 0.1) is 0 Å². The van der Waals surface area contributed by atoms with Crippen LogP contribution in [0.5, 0.6) is 0 Å². The zero-order chi connectivity index (χ0) is 13.6.